The molecule has 0 aromatic heterocycles. The zero-order valence-corrected chi connectivity index (χ0v) is 11.6. The molecule has 0 radical (unpaired) electrons. The molecule has 5 nitrogen and oxygen atoms in total. The number of methoxy groups -OCH3 is 1. The van der Waals surface area contributed by atoms with Gasteiger partial charge in [-0.2, -0.15) is 5.26 Å². The van der Waals surface area contributed by atoms with Crippen LogP contribution in [0.3, 0.4) is 0 Å². The van der Waals surface area contributed by atoms with E-state index in [0.29, 0.717) is 31.8 Å². The smallest absolute Gasteiger partial charge is 0.318 e. The van der Waals surface area contributed by atoms with Gasteiger partial charge in [0.2, 0.25) is 0 Å². The Labute approximate surface area is 119 Å². The molecule has 0 aliphatic heterocycles. The van der Waals surface area contributed by atoms with Crippen molar-refractivity contribution in [3.63, 3.8) is 0 Å². The topological polar surface area (TPSA) is 65.4 Å². The number of ether oxygens (including phenoxy) is 1. The van der Waals surface area contributed by atoms with Gasteiger partial charge in [-0.05, 0) is 17.7 Å². The van der Waals surface area contributed by atoms with Gasteiger partial charge in [-0.3, -0.25) is 0 Å². The molecule has 0 aliphatic rings. The Bertz CT molecular complexity index is 477. The number of nitrogens with one attached hydrogen (secondary N) is 1. The Hall–Kier alpha value is -2.32. The van der Waals surface area contributed by atoms with Gasteiger partial charge in [0, 0.05) is 26.7 Å². The van der Waals surface area contributed by atoms with Crippen LogP contribution in [-0.2, 0) is 11.3 Å². The first-order chi connectivity index (χ1) is 9.71. The van der Waals surface area contributed by atoms with E-state index in [2.05, 4.69) is 18.0 Å². The summed E-state index contributed by atoms with van der Waals surface area (Å²) in [5.74, 6) is 0. The molecular weight excluding hydrogens is 254 g/mol. The normalized spacial score (nSPS) is 9.60. The van der Waals surface area contributed by atoms with Gasteiger partial charge in [0.1, 0.15) is 0 Å². The quantitative estimate of drug-likeness (QED) is 0.609. The second-order valence-corrected chi connectivity index (χ2v) is 4.20. The van der Waals surface area contributed by atoms with Crippen LogP contribution in [0.1, 0.15) is 11.1 Å². The Morgan fingerprint density at radius 2 is 2.20 bits per heavy atom. The van der Waals surface area contributed by atoms with Crippen molar-refractivity contribution in [1.82, 2.24) is 10.2 Å². The number of urea groups is 1. The van der Waals surface area contributed by atoms with Crippen molar-refractivity contribution in [3.8, 4) is 6.07 Å². The van der Waals surface area contributed by atoms with Crippen molar-refractivity contribution in [2.75, 3.05) is 26.8 Å². The third-order valence-corrected chi connectivity index (χ3v) is 2.68. The van der Waals surface area contributed by atoms with Crippen LogP contribution in [0.2, 0.25) is 0 Å². The highest BCUT2D eigenvalue weighted by Gasteiger charge is 2.11. The zero-order chi connectivity index (χ0) is 14.8. The number of carbonyl (C=O) groups is 1. The van der Waals surface area contributed by atoms with E-state index in [4.69, 9.17) is 10.00 Å². The van der Waals surface area contributed by atoms with E-state index in [0.717, 1.165) is 5.56 Å². The lowest BCUT2D eigenvalue weighted by atomic mass is 10.1. The maximum Gasteiger partial charge on any atom is 0.318 e. The number of hydrogen-bond donors (Lipinski definition) is 1. The predicted molar refractivity (Wildman–Crippen MR) is 77.0 cm³/mol. The second-order valence-electron chi connectivity index (χ2n) is 4.20. The van der Waals surface area contributed by atoms with Gasteiger partial charge in [-0.25, -0.2) is 4.79 Å². The molecule has 106 valence electrons. The minimum absolute atomic E-state index is 0.161. The highest BCUT2D eigenvalue weighted by molar-refractivity contribution is 5.74. The van der Waals surface area contributed by atoms with Gasteiger partial charge in [0.15, 0.2) is 0 Å². The molecule has 20 heavy (non-hydrogen) atoms. The van der Waals surface area contributed by atoms with Crippen molar-refractivity contribution in [2.45, 2.75) is 6.54 Å². The summed E-state index contributed by atoms with van der Waals surface area (Å²) in [4.78, 5) is 13.6. The monoisotopic (exact) mass is 273 g/mol. The number of rotatable bonds is 7. The lowest BCUT2D eigenvalue weighted by Gasteiger charge is -2.21. The molecule has 1 aromatic rings. The third kappa shape index (κ3) is 5.12. The lowest BCUT2D eigenvalue weighted by Crippen LogP contribution is -2.40. The molecule has 5 heteroatoms. The van der Waals surface area contributed by atoms with Crippen LogP contribution in [0.25, 0.3) is 0 Å². The van der Waals surface area contributed by atoms with Crippen LogP contribution < -0.4 is 5.32 Å². The minimum atomic E-state index is -0.161. The van der Waals surface area contributed by atoms with Crippen molar-refractivity contribution < 1.29 is 9.53 Å². The van der Waals surface area contributed by atoms with E-state index in [1.165, 1.54) is 0 Å². The lowest BCUT2D eigenvalue weighted by molar-refractivity contribution is 0.181. The van der Waals surface area contributed by atoms with Crippen LogP contribution in [0, 0.1) is 11.3 Å². The van der Waals surface area contributed by atoms with E-state index in [1.807, 2.05) is 12.1 Å². The number of carbonyl (C=O) groups excluding carboxylic acids is 1. The fourth-order valence-electron chi connectivity index (χ4n) is 1.65. The van der Waals surface area contributed by atoms with Gasteiger partial charge in [0.25, 0.3) is 0 Å². The van der Waals surface area contributed by atoms with E-state index in [9.17, 15) is 4.79 Å². The maximum absolute atomic E-state index is 12.0. The van der Waals surface area contributed by atoms with Crippen molar-refractivity contribution in [3.05, 3.63) is 48.0 Å². The molecule has 0 fully saturated rings. The zero-order valence-electron chi connectivity index (χ0n) is 11.6. The Morgan fingerprint density at radius 1 is 1.50 bits per heavy atom. The average molecular weight is 273 g/mol. The summed E-state index contributed by atoms with van der Waals surface area (Å²) in [5.41, 5.74) is 1.57. The average Bonchev–Trinajstić information content (AvgIpc) is 2.47. The summed E-state index contributed by atoms with van der Waals surface area (Å²) < 4.78 is 4.89. The van der Waals surface area contributed by atoms with Crippen molar-refractivity contribution in [1.29, 1.82) is 5.26 Å². The van der Waals surface area contributed by atoms with E-state index in [-0.39, 0.29) is 6.03 Å². The summed E-state index contributed by atoms with van der Waals surface area (Å²) in [5, 5.41) is 11.5. The van der Waals surface area contributed by atoms with Crippen LogP contribution in [0.4, 0.5) is 4.79 Å². The molecule has 0 saturated carbocycles. The van der Waals surface area contributed by atoms with Gasteiger partial charge in [-0.1, -0.05) is 18.2 Å². The second kappa shape index (κ2) is 8.73. The number of amides is 2. The van der Waals surface area contributed by atoms with Gasteiger partial charge < -0.3 is 15.0 Å². The molecule has 0 heterocycles. The van der Waals surface area contributed by atoms with Gasteiger partial charge in [-0.15, -0.1) is 6.58 Å². The molecular formula is C15H19N3O2. The molecule has 0 aliphatic carbocycles. The molecule has 0 spiro atoms. The number of nitriles is 1. The predicted octanol–water partition coefficient (Wildman–Crippen LogP) is 1.90. The standard InChI is InChI=1S/C15H19N3O2/c1-3-9-18(15(19)17-8-10-20-2)12-14-6-4-13(11-16)5-7-14/h3-7H,1,8-10,12H2,2H3,(H,17,19). The van der Waals surface area contributed by atoms with E-state index >= 15 is 0 Å². The number of nitrogens with zero attached hydrogens (tertiary/aromatic N) is 2. The first-order valence-corrected chi connectivity index (χ1v) is 6.33. The first kappa shape index (κ1) is 15.7. The van der Waals surface area contributed by atoms with Crippen LogP contribution in [0.5, 0.6) is 0 Å². The van der Waals surface area contributed by atoms with Crippen LogP contribution in [-0.4, -0.2) is 37.7 Å². The number of hydrogen-bond acceptors (Lipinski definition) is 3. The number of benzene rings is 1. The van der Waals surface area contributed by atoms with Gasteiger partial charge >= 0.3 is 6.03 Å². The summed E-state index contributed by atoms with van der Waals surface area (Å²) >= 11 is 0. The Balaban J connectivity index is 2.63. The summed E-state index contributed by atoms with van der Waals surface area (Å²) in [6, 6.07) is 9.08. The van der Waals surface area contributed by atoms with Crippen molar-refractivity contribution >= 4 is 6.03 Å². The van der Waals surface area contributed by atoms with Crippen molar-refractivity contribution in [2.24, 2.45) is 0 Å². The third-order valence-electron chi connectivity index (χ3n) is 2.68. The van der Waals surface area contributed by atoms with Crippen LogP contribution >= 0.6 is 0 Å². The highest BCUT2D eigenvalue weighted by atomic mass is 16.5. The molecule has 1 N–H and O–H groups in total. The van der Waals surface area contributed by atoms with Gasteiger partial charge in [0.05, 0.1) is 18.2 Å². The Kier molecular flexibility index (Phi) is 6.87. The van der Waals surface area contributed by atoms with E-state index in [1.54, 1.807) is 30.2 Å². The SMILES string of the molecule is C=CCN(Cc1ccc(C#N)cc1)C(=O)NCCOC. The summed E-state index contributed by atoms with van der Waals surface area (Å²) in [6.45, 7) is 5.53. The maximum atomic E-state index is 12.0. The molecule has 1 rings (SSSR count). The highest BCUT2D eigenvalue weighted by Crippen LogP contribution is 2.07. The first-order valence-electron chi connectivity index (χ1n) is 6.33. The molecule has 0 bridgehead atoms. The van der Waals surface area contributed by atoms with Crippen LogP contribution in [0.15, 0.2) is 36.9 Å². The Morgan fingerprint density at radius 3 is 2.75 bits per heavy atom. The minimum Gasteiger partial charge on any atom is -0.383 e. The molecule has 1 aromatic carbocycles. The molecule has 0 atom stereocenters. The fraction of sp³-hybridized carbons (Fsp3) is 0.333. The fourth-order valence-corrected chi connectivity index (χ4v) is 1.65. The van der Waals surface area contributed by atoms with E-state index < -0.39 is 0 Å². The summed E-state index contributed by atoms with van der Waals surface area (Å²) in [6.07, 6.45) is 1.68. The molecule has 0 unspecified atom stereocenters. The summed E-state index contributed by atoms with van der Waals surface area (Å²) in [7, 11) is 1.59. The molecule has 2 amide bonds. The largest absolute Gasteiger partial charge is 0.383 e. The molecule has 0 saturated heterocycles.